The highest BCUT2D eigenvalue weighted by Crippen LogP contribution is 2.41. The molecule has 2 aliphatic carbocycles. The quantitative estimate of drug-likeness (QED) is 0.406. The van der Waals surface area contributed by atoms with Crippen LogP contribution in [0.3, 0.4) is 0 Å². The minimum Gasteiger partial charge on any atom is -0.424 e. The largest absolute Gasteiger partial charge is 0.451 e. The van der Waals surface area contributed by atoms with Gasteiger partial charge in [0.25, 0.3) is 6.01 Å². The van der Waals surface area contributed by atoms with Gasteiger partial charge in [-0.2, -0.15) is 13.2 Å². The number of carbonyl (C=O) groups excluding carboxylic acids is 1. The van der Waals surface area contributed by atoms with Gasteiger partial charge in [0.1, 0.15) is 0 Å². The van der Waals surface area contributed by atoms with Crippen molar-refractivity contribution in [1.82, 2.24) is 20.3 Å². The third-order valence-corrected chi connectivity index (χ3v) is 8.15. The third kappa shape index (κ3) is 5.29. The Morgan fingerprint density at radius 3 is 2.51 bits per heavy atom. The maximum Gasteiger partial charge on any atom is 0.451 e. The highest BCUT2D eigenvalue weighted by molar-refractivity contribution is 5.93. The van der Waals surface area contributed by atoms with Crippen molar-refractivity contribution in [1.29, 1.82) is 0 Å². The SMILES string of the molecule is NC(=O)c1cccc(-c2cnc(N[C@@H]3CCCC[C@H]3N[C@H]3C[C@@H]4C[C@H]3N(c3cnc(C(F)(F)F)nc3)C4)o2)c1. The number of halogens is 3. The molecule has 1 amide bonds. The molecule has 39 heavy (non-hydrogen) atoms. The van der Waals surface area contributed by atoms with Gasteiger partial charge >= 0.3 is 6.18 Å². The van der Waals surface area contributed by atoms with Crippen molar-refractivity contribution in [3.05, 3.63) is 54.2 Å². The number of aromatic nitrogens is 3. The molecule has 1 aliphatic heterocycles. The normalized spacial score (nSPS) is 26.6. The van der Waals surface area contributed by atoms with E-state index in [-0.39, 0.29) is 24.2 Å². The second-order valence-corrected chi connectivity index (χ2v) is 10.7. The predicted molar refractivity (Wildman–Crippen MR) is 138 cm³/mol. The van der Waals surface area contributed by atoms with E-state index in [9.17, 15) is 18.0 Å². The lowest BCUT2D eigenvalue weighted by atomic mass is 9.89. The lowest BCUT2D eigenvalue weighted by molar-refractivity contribution is -0.145. The maximum absolute atomic E-state index is 12.9. The van der Waals surface area contributed by atoms with Crippen molar-refractivity contribution >= 4 is 17.6 Å². The number of benzene rings is 1. The highest BCUT2D eigenvalue weighted by atomic mass is 19.4. The molecule has 2 aromatic heterocycles. The van der Waals surface area contributed by atoms with Crippen LogP contribution in [0.2, 0.25) is 0 Å². The first kappa shape index (κ1) is 25.6. The summed E-state index contributed by atoms with van der Waals surface area (Å²) in [6, 6.07) is 8.06. The summed E-state index contributed by atoms with van der Waals surface area (Å²) in [7, 11) is 0. The molecule has 1 aromatic carbocycles. The number of carbonyl (C=O) groups is 1. The third-order valence-electron chi connectivity index (χ3n) is 8.15. The molecule has 0 radical (unpaired) electrons. The monoisotopic (exact) mass is 541 g/mol. The number of primary amides is 1. The van der Waals surface area contributed by atoms with Crippen molar-refractivity contribution in [2.45, 2.75) is 68.9 Å². The zero-order valence-electron chi connectivity index (χ0n) is 21.2. The molecule has 9 nitrogen and oxygen atoms in total. The molecule has 3 fully saturated rings. The van der Waals surface area contributed by atoms with E-state index in [1.54, 1.807) is 24.4 Å². The molecule has 206 valence electrons. The Morgan fingerprint density at radius 2 is 1.79 bits per heavy atom. The number of hydrogen-bond acceptors (Lipinski definition) is 8. The minimum atomic E-state index is -4.55. The van der Waals surface area contributed by atoms with Crippen LogP contribution in [0.25, 0.3) is 11.3 Å². The van der Waals surface area contributed by atoms with Gasteiger partial charge in [-0.25, -0.2) is 15.0 Å². The van der Waals surface area contributed by atoms with Crippen LogP contribution < -0.4 is 21.3 Å². The first-order valence-electron chi connectivity index (χ1n) is 13.3. The molecule has 2 bridgehead atoms. The molecule has 6 rings (SSSR count). The lowest BCUT2D eigenvalue weighted by Crippen LogP contribution is -2.56. The van der Waals surface area contributed by atoms with E-state index >= 15 is 0 Å². The van der Waals surface area contributed by atoms with Gasteiger partial charge in [-0.15, -0.1) is 0 Å². The van der Waals surface area contributed by atoms with Crippen LogP contribution in [0, 0.1) is 5.92 Å². The van der Waals surface area contributed by atoms with Crippen molar-refractivity contribution in [2.24, 2.45) is 11.7 Å². The summed E-state index contributed by atoms with van der Waals surface area (Å²) in [5.41, 5.74) is 7.16. The van der Waals surface area contributed by atoms with Crippen LogP contribution in [0.1, 0.15) is 54.7 Å². The molecule has 5 atom stereocenters. The summed E-state index contributed by atoms with van der Waals surface area (Å²) in [6.07, 6.45) is 5.87. The predicted octanol–water partition coefficient (Wildman–Crippen LogP) is 4.23. The Kier molecular flexibility index (Phi) is 6.66. The molecule has 3 aromatic rings. The van der Waals surface area contributed by atoms with Crippen LogP contribution in [0.5, 0.6) is 0 Å². The number of piperidine rings is 1. The Hall–Kier alpha value is -3.67. The van der Waals surface area contributed by atoms with Crippen LogP contribution >= 0.6 is 0 Å². The van der Waals surface area contributed by atoms with Crippen molar-refractivity contribution < 1.29 is 22.4 Å². The van der Waals surface area contributed by atoms with E-state index in [4.69, 9.17) is 10.2 Å². The number of nitrogens with zero attached hydrogens (tertiary/aromatic N) is 4. The Balaban J connectivity index is 1.12. The molecule has 4 N–H and O–H groups in total. The first-order valence-corrected chi connectivity index (χ1v) is 13.3. The Bertz CT molecular complexity index is 1330. The number of nitrogens with two attached hydrogens (primary N) is 1. The molecule has 2 saturated carbocycles. The van der Waals surface area contributed by atoms with Gasteiger partial charge in [0.15, 0.2) is 5.76 Å². The molecular weight excluding hydrogens is 511 g/mol. The number of anilines is 2. The average Bonchev–Trinajstić information content (AvgIpc) is 3.66. The van der Waals surface area contributed by atoms with E-state index in [1.165, 1.54) is 12.4 Å². The Labute approximate surface area is 223 Å². The summed E-state index contributed by atoms with van der Waals surface area (Å²) in [5.74, 6) is -0.591. The smallest absolute Gasteiger partial charge is 0.424 e. The molecule has 3 heterocycles. The highest BCUT2D eigenvalue weighted by Gasteiger charge is 2.46. The number of hydrogen-bond donors (Lipinski definition) is 3. The zero-order chi connectivity index (χ0) is 27.1. The van der Waals surface area contributed by atoms with Crippen LogP contribution in [0.15, 0.2) is 47.3 Å². The van der Waals surface area contributed by atoms with Gasteiger partial charge in [0.2, 0.25) is 11.7 Å². The summed E-state index contributed by atoms with van der Waals surface area (Å²) in [6.45, 7) is 0.806. The fourth-order valence-corrected chi connectivity index (χ4v) is 6.35. The van der Waals surface area contributed by atoms with Crippen molar-refractivity contribution in [2.75, 3.05) is 16.8 Å². The van der Waals surface area contributed by atoms with Gasteiger partial charge in [-0.1, -0.05) is 25.0 Å². The second kappa shape index (κ2) is 10.1. The fraction of sp³-hybridized carbons (Fsp3) is 0.481. The van der Waals surface area contributed by atoms with E-state index in [2.05, 4.69) is 30.5 Å². The van der Waals surface area contributed by atoms with Gasteiger partial charge < -0.3 is 25.7 Å². The topological polar surface area (TPSA) is 122 Å². The summed E-state index contributed by atoms with van der Waals surface area (Å²) < 4.78 is 44.7. The van der Waals surface area contributed by atoms with Crippen LogP contribution in [0.4, 0.5) is 24.9 Å². The summed E-state index contributed by atoms with van der Waals surface area (Å²) in [5, 5.41) is 7.34. The number of amides is 1. The lowest BCUT2D eigenvalue weighted by Gasteiger charge is -2.40. The van der Waals surface area contributed by atoms with E-state index in [0.29, 0.717) is 28.9 Å². The first-order chi connectivity index (χ1) is 18.7. The molecule has 0 unspecified atom stereocenters. The van der Waals surface area contributed by atoms with E-state index in [0.717, 1.165) is 50.6 Å². The molecule has 12 heteroatoms. The Morgan fingerprint density at radius 1 is 1.03 bits per heavy atom. The van der Waals surface area contributed by atoms with Gasteiger partial charge in [-0.05, 0) is 43.7 Å². The summed E-state index contributed by atoms with van der Waals surface area (Å²) >= 11 is 0. The second-order valence-electron chi connectivity index (χ2n) is 10.7. The molecule has 1 saturated heterocycles. The number of rotatable bonds is 7. The van der Waals surface area contributed by atoms with Crippen molar-refractivity contribution in [3.63, 3.8) is 0 Å². The van der Waals surface area contributed by atoms with E-state index < -0.39 is 17.9 Å². The number of oxazole rings is 1. The van der Waals surface area contributed by atoms with Crippen LogP contribution in [-0.4, -0.2) is 51.6 Å². The van der Waals surface area contributed by atoms with Gasteiger partial charge in [-0.3, -0.25) is 4.79 Å². The standard InChI is InChI=1S/C27H30F3N7O2/c28-27(29,30)25-32-11-18(12-33-25)37-14-15-8-21(22(37)9-15)35-19-6-1-2-7-20(19)36-26-34-13-23(39-26)16-4-3-5-17(10-16)24(31)38/h3-5,10-13,15,19-22,35H,1-2,6-9,14H2,(H2,31,38)(H,34,36)/t15-,19-,20-,21+,22-/m1/s1. The van der Waals surface area contributed by atoms with Crippen LogP contribution in [-0.2, 0) is 6.18 Å². The van der Waals surface area contributed by atoms with Crippen molar-refractivity contribution in [3.8, 4) is 11.3 Å². The van der Waals surface area contributed by atoms with Gasteiger partial charge in [0, 0.05) is 41.8 Å². The number of nitrogens with one attached hydrogen (secondary N) is 2. The fourth-order valence-electron chi connectivity index (χ4n) is 6.35. The average molecular weight is 542 g/mol. The van der Waals surface area contributed by atoms with E-state index in [1.807, 2.05) is 6.07 Å². The maximum atomic E-state index is 12.9. The summed E-state index contributed by atoms with van der Waals surface area (Å²) in [4.78, 5) is 25.2. The number of alkyl halides is 3. The number of fused-ring (bicyclic) bond motifs is 2. The minimum absolute atomic E-state index is 0.115. The van der Waals surface area contributed by atoms with Gasteiger partial charge in [0.05, 0.1) is 24.3 Å². The zero-order valence-corrected chi connectivity index (χ0v) is 21.2. The molecular formula is C27H30F3N7O2. The molecule has 3 aliphatic rings. The molecule has 0 spiro atoms.